The minimum atomic E-state index is -2.88. The van der Waals surface area contributed by atoms with E-state index in [0.717, 1.165) is 12.5 Å². The molecule has 2 N–H and O–H groups in total. The Bertz CT molecular complexity index is 662. The molecule has 3 rings (SSSR count). The van der Waals surface area contributed by atoms with Crippen molar-refractivity contribution in [2.75, 3.05) is 25.1 Å². The Hall–Kier alpha value is -1.08. The lowest BCUT2D eigenvalue weighted by molar-refractivity contribution is 0.296. The van der Waals surface area contributed by atoms with Crippen molar-refractivity contribution in [3.63, 3.8) is 0 Å². The Morgan fingerprint density at radius 1 is 1.38 bits per heavy atom. The molecule has 1 atom stereocenters. The molecule has 1 aromatic heterocycles. The van der Waals surface area contributed by atoms with Crippen LogP contribution in [0.5, 0.6) is 0 Å². The normalized spacial score (nSPS) is 26.2. The summed E-state index contributed by atoms with van der Waals surface area (Å²) in [5, 5.41) is 8.91. The van der Waals surface area contributed by atoms with Crippen molar-refractivity contribution in [1.29, 1.82) is 0 Å². The van der Waals surface area contributed by atoms with Gasteiger partial charge in [-0.05, 0) is 30.7 Å². The van der Waals surface area contributed by atoms with E-state index in [2.05, 4.69) is 33.1 Å². The van der Waals surface area contributed by atoms with Crippen LogP contribution < -0.4 is 10.6 Å². The molecular formula is C17H27N3O2S2. The molecule has 0 radical (unpaired) electrons. The Balaban J connectivity index is 1.63. The molecular weight excluding hydrogens is 342 g/mol. The fraction of sp³-hybridized carbons (Fsp3) is 0.706. The predicted octanol–water partition coefficient (Wildman–Crippen LogP) is 2.30. The van der Waals surface area contributed by atoms with Crippen molar-refractivity contribution in [3.05, 3.63) is 22.4 Å². The molecule has 0 spiro atoms. The summed E-state index contributed by atoms with van der Waals surface area (Å²) < 4.78 is 23.2. The predicted molar refractivity (Wildman–Crippen MR) is 101 cm³/mol. The van der Waals surface area contributed by atoms with Crippen LogP contribution in [0.3, 0.4) is 0 Å². The van der Waals surface area contributed by atoms with Gasteiger partial charge in [0.05, 0.1) is 11.5 Å². The Kier molecular flexibility index (Phi) is 5.49. The topological polar surface area (TPSA) is 70.6 Å². The van der Waals surface area contributed by atoms with Crippen molar-refractivity contribution in [2.24, 2.45) is 4.99 Å². The Morgan fingerprint density at radius 2 is 2.17 bits per heavy atom. The summed E-state index contributed by atoms with van der Waals surface area (Å²) in [5.74, 6) is 1.21. The van der Waals surface area contributed by atoms with E-state index in [0.29, 0.717) is 6.42 Å². The van der Waals surface area contributed by atoms with Crippen molar-refractivity contribution in [2.45, 2.75) is 50.0 Å². The summed E-state index contributed by atoms with van der Waals surface area (Å²) in [6.07, 6.45) is 6.93. The van der Waals surface area contributed by atoms with Gasteiger partial charge in [0.25, 0.3) is 0 Å². The van der Waals surface area contributed by atoms with E-state index in [4.69, 9.17) is 0 Å². The maximum absolute atomic E-state index is 11.6. The van der Waals surface area contributed by atoms with E-state index in [1.165, 1.54) is 37.0 Å². The van der Waals surface area contributed by atoms with E-state index in [1.807, 2.05) is 11.3 Å². The van der Waals surface area contributed by atoms with Crippen LogP contribution in [0.4, 0.5) is 0 Å². The third-order valence-electron chi connectivity index (χ3n) is 5.25. The first-order valence-electron chi connectivity index (χ1n) is 8.75. The van der Waals surface area contributed by atoms with Gasteiger partial charge in [-0.15, -0.1) is 11.3 Å². The molecule has 0 bridgehead atoms. The minimum Gasteiger partial charge on any atom is -0.355 e. The number of hydrogen-bond donors (Lipinski definition) is 2. The number of aliphatic imine (C=N–C) groups is 1. The summed E-state index contributed by atoms with van der Waals surface area (Å²) in [5.41, 5.74) is 0.186. The molecule has 24 heavy (non-hydrogen) atoms. The second kappa shape index (κ2) is 7.44. The third kappa shape index (κ3) is 4.11. The molecule has 7 heteroatoms. The van der Waals surface area contributed by atoms with Crippen LogP contribution in [-0.2, 0) is 15.3 Å². The fourth-order valence-corrected chi connectivity index (χ4v) is 6.53. The van der Waals surface area contributed by atoms with Crippen molar-refractivity contribution < 1.29 is 8.42 Å². The van der Waals surface area contributed by atoms with Crippen LogP contribution in [0.1, 0.15) is 43.4 Å². The summed E-state index contributed by atoms with van der Waals surface area (Å²) in [4.78, 5) is 5.75. The second-order valence-corrected chi connectivity index (χ2v) is 10.2. The van der Waals surface area contributed by atoms with Gasteiger partial charge in [0.15, 0.2) is 15.8 Å². The highest BCUT2D eigenvalue weighted by molar-refractivity contribution is 7.91. The number of nitrogens with one attached hydrogen (secondary N) is 2. The van der Waals surface area contributed by atoms with Crippen LogP contribution in [0.2, 0.25) is 0 Å². The summed E-state index contributed by atoms with van der Waals surface area (Å²) in [6.45, 7) is 0.854. The monoisotopic (exact) mass is 369 g/mol. The molecule has 1 saturated carbocycles. The van der Waals surface area contributed by atoms with Gasteiger partial charge in [0, 0.05) is 29.9 Å². The van der Waals surface area contributed by atoms with Crippen LogP contribution >= 0.6 is 11.3 Å². The molecule has 0 aromatic carbocycles. The van der Waals surface area contributed by atoms with Gasteiger partial charge in [0.2, 0.25) is 0 Å². The van der Waals surface area contributed by atoms with Crippen LogP contribution in [-0.4, -0.2) is 45.5 Å². The molecule has 1 unspecified atom stereocenters. The van der Waals surface area contributed by atoms with E-state index >= 15 is 0 Å². The summed E-state index contributed by atoms with van der Waals surface area (Å²) in [7, 11) is -1.13. The number of sulfone groups is 1. The van der Waals surface area contributed by atoms with Gasteiger partial charge < -0.3 is 10.6 Å². The molecule has 1 aromatic rings. The van der Waals surface area contributed by atoms with E-state index in [9.17, 15) is 8.42 Å². The smallest absolute Gasteiger partial charge is 0.191 e. The largest absolute Gasteiger partial charge is 0.355 e. The molecule has 2 fully saturated rings. The third-order valence-corrected chi connectivity index (χ3v) is 8.13. The number of nitrogens with zero attached hydrogens (tertiary/aromatic N) is 1. The molecule has 5 nitrogen and oxygen atoms in total. The summed E-state index contributed by atoms with van der Waals surface area (Å²) >= 11 is 1.84. The van der Waals surface area contributed by atoms with Gasteiger partial charge >= 0.3 is 0 Å². The SMILES string of the molecule is CN=C(NCC1(c2cccs2)CCCCC1)NC1CCS(=O)(=O)C1. The maximum Gasteiger partial charge on any atom is 0.191 e. The zero-order chi connectivity index (χ0) is 17.0. The highest BCUT2D eigenvalue weighted by Gasteiger charge is 2.35. The van der Waals surface area contributed by atoms with Gasteiger partial charge in [-0.1, -0.05) is 25.3 Å². The quantitative estimate of drug-likeness (QED) is 0.631. The summed E-state index contributed by atoms with van der Waals surface area (Å²) in [6, 6.07) is 4.36. The molecule has 2 aliphatic rings. The van der Waals surface area contributed by atoms with Crippen LogP contribution in [0.15, 0.2) is 22.5 Å². The number of hydrogen-bond acceptors (Lipinski definition) is 4. The lowest BCUT2D eigenvalue weighted by Crippen LogP contribution is -2.49. The zero-order valence-corrected chi connectivity index (χ0v) is 15.9. The van der Waals surface area contributed by atoms with Crippen molar-refractivity contribution >= 4 is 27.1 Å². The van der Waals surface area contributed by atoms with Gasteiger partial charge in [-0.2, -0.15) is 0 Å². The van der Waals surface area contributed by atoms with Crippen molar-refractivity contribution in [1.82, 2.24) is 10.6 Å². The number of guanidine groups is 1. The molecule has 1 aliphatic carbocycles. The Morgan fingerprint density at radius 3 is 2.75 bits per heavy atom. The molecule has 0 amide bonds. The first-order chi connectivity index (χ1) is 11.5. The Labute approximate surface area is 148 Å². The van der Waals surface area contributed by atoms with Gasteiger partial charge in [-0.3, -0.25) is 4.99 Å². The van der Waals surface area contributed by atoms with Crippen LogP contribution in [0.25, 0.3) is 0 Å². The van der Waals surface area contributed by atoms with Crippen molar-refractivity contribution in [3.8, 4) is 0 Å². The van der Waals surface area contributed by atoms with E-state index < -0.39 is 9.84 Å². The fourth-order valence-electron chi connectivity index (χ4n) is 3.87. The standard InChI is InChI=1S/C17H27N3O2S2/c1-18-16(20-14-7-11-24(21,22)12-14)19-13-17(8-3-2-4-9-17)15-6-5-10-23-15/h5-6,10,14H,2-4,7-9,11-13H2,1H3,(H2,18,19,20). The number of thiophene rings is 1. The lowest BCUT2D eigenvalue weighted by atomic mass is 9.73. The highest BCUT2D eigenvalue weighted by Crippen LogP contribution is 2.41. The first kappa shape index (κ1) is 17.7. The van der Waals surface area contributed by atoms with Gasteiger partial charge in [0.1, 0.15) is 0 Å². The van der Waals surface area contributed by atoms with E-state index in [1.54, 1.807) is 7.05 Å². The van der Waals surface area contributed by atoms with E-state index in [-0.39, 0.29) is 23.0 Å². The molecule has 2 heterocycles. The number of rotatable bonds is 4. The van der Waals surface area contributed by atoms with Crippen LogP contribution in [0, 0.1) is 0 Å². The molecule has 1 aliphatic heterocycles. The lowest BCUT2D eigenvalue weighted by Gasteiger charge is -2.37. The molecule has 134 valence electrons. The minimum absolute atomic E-state index is 0.0229. The first-order valence-corrected chi connectivity index (χ1v) is 11.4. The molecule has 1 saturated heterocycles. The maximum atomic E-state index is 11.6. The average molecular weight is 370 g/mol. The second-order valence-electron chi connectivity index (χ2n) is 6.99. The zero-order valence-electron chi connectivity index (χ0n) is 14.3. The highest BCUT2D eigenvalue weighted by atomic mass is 32.2. The average Bonchev–Trinajstić information content (AvgIpc) is 3.22. The van der Waals surface area contributed by atoms with Gasteiger partial charge in [-0.25, -0.2) is 8.42 Å².